The molecule has 0 aromatic heterocycles. The van der Waals surface area contributed by atoms with Crippen molar-refractivity contribution in [1.82, 2.24) is 0 Å². The van der Waals surface area contributed by atoms with Crippen molar-refractivity contribution in [3.05, 3.63) is 29.6 Å². The Morgan fingerprint density at radius 2 is 1.12 bits per heavy atom. The number of esters is 2. The average Bonchev–Trinajstić information content (AvgIpc) is 2.92. The molecule has 0 bridgehead atoms. The summed E-state index contributed by atoms with van der Waals surface area (Å²) in [6.45, 7) is 5.56. The molecule has 1 aromatic rings. The minimum Gasteiger partial charge on any atom is -0.465 e. The zero-order valence-electron chi connectivity index (χ0n) is 24.8. The van der Waals surface area contributed by atoms with Gasteiger partial charge < -0.3 is 9.47 Å². The van der Waals surface area contributed by atoms with Gasteiger partial charge in [-0.2, -0.15) is 13.2 Å². The Labute approximate surface area is 238 Å². The van der Waals surface area contributed by atoms with Crippen LogP contribution in [0.2, 0.25) is 0 Å². The van der Waals surface area contributed by atoms with Gasteiger partial charge in [-0.15, -0.1) is 0 Å². The Kier molecular flexibility index (Phi) is 17.8. The van der Waals surface area contributed by atoms with Crippen molar-refractivity contribution in [1.29, 1.82) is 0 Å². The zero-order chi connectivity index (χ0) is 29.9. The average molecular weight is 575 g/mol. The second kappa shape index (κ2) is 19.9. The lowest BCUT2D eigenvalue weighted by atomic mass is 9.82. The highest BCUT2D eigenvalue weighted by Crippen LogP contribution is 2.36. The number of hydrogen-bond donors (Lipinski definition) is 0. The second-order valence-corrected chi connectivity index (χ2v) is 10.7. The highest BCUT2D eigenvalue weighted by molar-refractivity contribution is 6.00. The maximum Gasteiger partial charge on any atom is 0.419 e. The summed E-state index contributed by atoms with van der Waals surface area (Å²) in [6.07, 6.45) is 14.7. The fourth-order valence-corrected chi connectivity index (χ4v) is 4.87. The van der Waals surface area contributed by atoms with Crippen LogP contribution in [0.25, 0.3) is 0 Å². The van der Waals surface area contributed by atoms with Gasteiger partial charge in [-0.3, -0.25) is 9.59 Å². The predicted molar refractivity (Wildman–Crippen MR) is 151 cm³/mol. The molecule has 0 aliphatic carbocycles. The van der Waals surface area contributed by atoms with Crippen LogP contribution in [-0.2, 0) is 20.5 Å². The van der Waals surface area contributed by atoms with Gasteiger partial charge in [-0.1, -0.05) is 123 Å². The Morgan fingerprint density at radius 1 is 0.675 bits per heavy atom. The fourth-order valence-electron chi connectivity index (χ4n) is 4.87. The first-order valence-corrected chi connectivity index (χ1v) is 15.4. The number of ether oxygens (including phenoxy) is 2. The maximum atomic E-state index is 14.3. The summed E-state index contributed by atoms with van der Waals surface area (Å²) < 4.78 is 63.7. The van der Waals surface area contributed by atoms with Crippen LogP contribution in [-0.4, -0.2) is 18.5 Å². The molecule has 0 radical (unpaired) electrons. The molecule has 0 amide bonds. The molecular formula is C32H50F4O4. The molecule has 0 saturated heterocycles. The number of rotatable bonds is 22. The third-order valence-corrected chi connectivity index (χ3v) is 7.69. The van der Waals surface area contributed by atoms with Crippen LogP contribution in [0.5, 0.6) is 5.75 Å². The van der Waals surface area contributed by atoms with E-state index in [4.69, 9.17) is 9.47 Å². The van der Waals surface area contributed by atoms with Crippen molar-refractivity contribution in [3.8, 4) is 5.75 Å². The predicted octanol–water partition coefficient (Wildman–Crippen LogP) is 10.4. The number of benzene rings is 1. The van der Waals surface area contributed by atoms with Crippen LogP contribution in [0.3, 0.4) is 0 Å². The summed E-state index contributed by atoms with van der Waals surface area (Å²) in [7, 11) is 0. The van der Waals surface area contributed by atoms with E-state index in [1.807, 2.05) is 0 Å². The summed E-state index contributed by atoms with van der Waals surface area (Å²) in [6, 6.07) is 2.44. The van der Waals surface area contributed by atoms with E-state index in [0.717, 1.165) is 31.4 Å². The molecule has 0 aliphatic rings. The van der Waals surface area contributed by atoms with Gasteiger partial charge in [0.25, 0.3) is 0 Å². The minimum absolute atomic E-state index is 0.0146. The van der Waals surface area contributed by atoms with E-state index in [2.05, 4.69) is 6.92 Å². The molecule has 0 fully saturated rings. The maximum absolute atomic E-state index is 14.3. The van der Waals surface area contributed by atoms with Gasteiger partial charge in [-0.05, 0) is 31.4 Å². The number of carbonyl (C=O) groups is 2. The van der Waals surface area contributed by atoms with Gasteiger partial charge in [0.2, 0.25) is 0 Å². The van der Waals surface area contributed by atoms with Crippen LogP contribution < -0.4 is 4.74 Å². The highest BCUT2D eigenvalue weighted by atomic mass is 19.4. The molecule has 4 nitrogen and oxygen atoms in total. The molecule has 0 heterocycles. The number of carbonyl (C=O) groups excluding carboxylic acids is 2. The summed E-state index contributed by atoms with van der Waals surface area (Å²) in [5, 5.41) is 0. The lowest BCUT2D eigenvalue weighted by molar-refractivity contribution is -0.168. The van der Waals surface area contributed by atoms with Gasteiger partial charge in [0.1, 0.15) is 0 Å². The summed E-state index contributed by atoms with van der Waals surface area (Å²) in [5.41, 5.74) is -3.25. The van der Waals surface area contributed by atoms with Crippen molar-refractivity contribution in [2.45, 2.75) is 143 Å². The van der Waals surface area contributed by atoms with E-state index in [1.165, 1.54) is 77.0 Å². The monoisotopic (exact) mass is 574 g/mol. The minimum atomic E-state index is -4.94. The Hall–Kier alpha value is -2.12. The van der Waals surface area contributed by atoms with Crippen molar-refractivity contribution >= 4 is 11.9 Å². The number of unbranched alkanes of at least 4 members (excludes halogenated alkanes) is 15. The molecule has 8 heteroatoms. The normalized spacial score (nSPS) is 12.0. The third-order valence-electron chi connectivity index (χ3n) is 7.69. The van der Waals surface area contributed by atoms with Crippen LogP contribution in [0.1, 0.15) is 142 Å². The summed E-state index contributed by atoms with van der Waals surface area (Å²) >= 11 is 0. The van der Waals surface area contributed by atoms with E-state index in [0.29, 0.717) is 12.5 Å². The number of alkyl halides is 3. The van der Waals surface area contributed by atoms with Crippen LogP contribution in [0, 0.1) is 11.2 Å². The van der Waals surface area contributed by atoms with Crippen LogP contribution >= 0.6 is 0 Å². The summed E-state index contributed by atoms with van der Waals surface area (Å²) in [5.74, 6) is -4.47. The third kappa shape index (κ3) is 12.6. The first-order valence-electron chi connectivity index (χ1n) is 15.4. The van der Waals surface area contributed by atoms with Crippen molar-refractivity contribution in [3.63, 3.8) is 0 Å². The van der Waals surface area contributed by atoms with Crippen molar-refractivity contribution in [2.75, 3.05) is 6.61 Å². The van der Waals surface area contributed by atoms with E-state index in [9.17, 15) is 27.2 Å². The molecule has 0 saturated carbocycles. The lowest BCUT2D eigenvalue weighted by Gasteiger charge is -2.27. The van der Waals surface area contributed by atoms with Gasteiger partial charge in [0.15, 0.2) is 17.0 Å². The molecule has 0 N–H and O–H groups in total. The van der Waals surface area contributed by atoms with E-state index in [-0.39, 0.29) is 19.4 Å². The topological polar surface area (TPSA) is 52.6 Å². The molecule has 1 aromatic carbocycles. The van der Waals surface area contributed by atoms with Crippen molar-refractivity contribution < 1.29 is 36.6 Å². The van der Waals surface area contributed by atoms with Gasteiger partial charge >= 0.3 is 18.1 Å². The fraction of sp³-hybridized carbons (Fsp3) is 0.750. The quantitative estimate of drug-likeness (QED) is 0.0454. The van der Waals surface area contributed by atoms with Gasteiger partial charge in [0.05, 0.1) is 12.2 Å². The van der Waals surface area contributed by atoms with Gasteiger partial charge in [0, 0.05) is 0 Å². The summed E-state index contributed by atoms with van der Waals surface area (Å²) in [4.78, 5) is 25.7. The van der Waals surface area contributed by atoms with Crippen LogP contribution in [0.15, 0.2) is 18.2 Å². The first-order chi connectivity index (χ1) is 19.1. The second-order valence-electron chi connectivity index (χ2n) is 10.7. The van der Waals surface area contributed by atoms with E-state index < -0.39 is 40.7 Å². The molecule has 0 unspecified atom stereocenters. The van der Waals surface area contributed by atoms with E-state index >= 15 is 0 Å². The van der Waals surface area contributed by atoms with Crippen LogP contribution in [0.4, 0.5) is 17.6 Å². The molecule has 0 atom stereocenters. The standard InChI is InChI=1S/C32H50F4O4/c1-4-7-8-9-10-11-12-13-14-15-16-17-18-19-20-21-25-39-29(37)31(5-2,6-3)30(38)40-27-24-22-23-26(28(27)33)32(34,35)36/h22-24H,4-21,25H2,1-3H3. The largest absolute Gasteiger partial charge is 0.465 e. The molecular weight excluding hydrogens is 524 g/mol. The molecule has 0 spiro atoms. The molecule has 230 valence electrons. The van der Waals surface area contributed by atoms with E-state index in [1.54, 1.807) is 13.8 Å². The first kappa shape index (κ1) is 35.9. The highest BCUT2D eigenvalue weighted by Gasteiger charge is 2.47. The number of hydrogen-bond acceptors (Lipinski definition) is 4. The SMILES string of the molecule is CCCCCCCCCCCCCCCCCCOC(=O)C(CC)(CC)C(=O)Oc1cccc(C(F)(F)F)c1F. The Balaban J connectivity index is 2.29. The smallest absolute Gasteiger partial charge is 0.419 e. The molecule has 40 heavy (non-hydrogen) atoms. The lowest BCUT2D eigenvalue weighted by Crippen LogP contribution is -2.42. The van der Waals surface area contributed by atoms with Gasteiger partial charge in [-0.25, -0.2) is 4.39 Å². The van der Waals surface area contributed by atoms with Crippen molar-refractivity contribution in [2.24, 2.45) is 5.41 Å². The Morgan fingerprint density at radius 3 is 1.55 bits per heavy atom. The molecule has 0 aliphatic heterocycles. The zero-order valence-corrected chi connectivity index (χ0v) is 24.8. The number of halogens is 4. The Bertz CT molecular complexity index is 850. The molecule has 1 rings (SSSR count).